The predicted molar refractivity (Wildman–Crippen MR) is 70.6 cm³/mol. The summed E-state index contributed by atoms with van der Waals surface area (Å²) < 4.78 is 19.5. The van der Waals surface area contributed by atoms with Crippen molar-refractivity contribution in [3.05, 3.63) is 28.0 Å². The first kappa shape index (κ1) is 13.5. The molecule has 1 aliphatic rings. The summed E-state index contributed by atoms with van der Waals surface area (Å²) in [5, 5.41) is 2.77. The quantitative estimate of drug-likeness (QED) is 0.820. The number of hydrogen-bond acceptors (Lipinski definition) is 3. The first-order valence-electron chi connectivity index (χ1n) is 5.91. The van der Waals surface area contributed by atoms with Crippen molar-refractivity contribution < 1.29 is 13.9 Å². The van der Waals surface area contributed by atoms with Crippen molar-refractivity contribution in [2.75, 3.05) is 20.2 Å². The van der Waals surface area contributed by atoms with Gasteiger partial charge < -0.3 is 10.1 Å². The highest BCUT2D eigenvalue weighted by atomic mass is 79.9. The van der Waals surface area contributed by atoms with E-state index in [9.17, 15) is 9.18 Å². The minimum absolute atomic E-state index is 0.162. The molecule has 2 rings (SSSR count). The highest BCUT2D eigenvalue weighted by Crippen LogP contribution is 2.34. The summed E-state index contributed by atoms with van der Waals surface area (Å²) in [6.07, 6.45) is 2.33. The molecule has 0 radical (unpaired) electrons. The van der Waals surface area contributed by atoms with E-state index in [0.29, 0.717) is 22.7 Å². The van der Waals surface area contributed by atoms with Crippen molar-refractivity contribution in [1.82, 2.24) is 5.32 Å². The largest absolute Gasteiger partial charge is 0.491 e. The Morgan fingerprint density at radius 1 is 1.56 bits per heavy atom. The van der Waals surface area contributed by atoms with Crippen molar-refractivity contribution in [1.29, 1.82) is 0 Å². The molecule has 1 fully saturated rings. The lowest BCUT2D eigenvalue weighted by atomic mass is 10.1. The maximum absolute atomic E-state index is 13.4. The topological polar surface area (TPSA) is 38.3 Å². The van der Waals surface area contributed by atoms with E-state index in [1.54, 1.807) is 7.05 Å². The zero-order valence-corrected chi connectivity index (χ0v) is 11.7. The maximum atomic E-state index is 13.4. The summed E-state index contributed by atoms with van der Waals surface area (Å²) in [7, 11) is 1.68. The van der Waals surface area contributed by atoms with E-state index >= 15 is 0 Å². The number of carbonyl (C=O) groups excluding carboxylic acids is 1. The van der Waals surface area contributed by atoms with Crippen LogP contribution in [0.15, 0.2) is 16.6 Å². The second-order valence-corrected chi connectivity index (χ2v) is 5.33. The second-order valence-electron chi connectivity index (χ2n) is 4.47. The van der Waals surface area contributed by atoms with Gasteiger partial charge in [0.1, 0.15) is 11.6 Å². The third kappa shape index (κ3) is 3.29. The van der Waals surface area contributed by atoms with E-state index in [0.717, 1.165) is 0 Å². The standard InChI is InChI=1S/C13H15BrFNO2/c1-16-6-12(17)10-4-9(15)5-11(14)13(10)18-7-8-2-3-8/h4-5,8,16H,2-3,6-7H2,1H3. The van der Waals surface area contributed by atoms with E-state index in [4.69, 9.17) is 4.74 Å². The van der Waals surface area contributed by atoms with E-state index in [1.807, 2.05) is 0 Å². The van der Waals surface area contributed by atoms with Crippen LogP contribution in [0.25, 0.3) is 0 Å². The first-order valence-corrected chi connectivity index (χ1v) is 6.70. The van der Waals surface area contributed by atoms with Crippen LogP contribution >= 0.6 is 15.9 Å². The zero-order chi connectivity index (χ0) is 13.1. The van der Waals surface area contributed by atoms with Gasteiger partial charge in [0.15, 0.2) is 5.78 Å². The molecule has 1 N–H and O–H groups in total. The Hall–Kier alpha value is -0.940. The molecule has 1 aromatic rings. The Balaban J connectivity index is 2.24. The molecule has 1 aliphatic carbocycles. The average molecular weight is 316 g/mol. The summed E-state index contributed by atoms with van der Waals surface area (Å²) in [5.41, 5.74) is 0.289. The van der Waals surface area contributed by atoms with Gasteiger partial charge in [0.2, 0.25) is 0 Å². The smallest absolute Gasteiger partial charge is 0.180 e. The lowest BCUT2D eigenvalue weighted by Gasteiger charge is -2.12. The fraction of sp³-hybridized carbons (Fsp3) is 0.462. The first-order chi connectivity index (χ1) is 8.61. The molecule has 5 heteroatoms. The van der Waals surface area contributed by atoms with Gasteiger partial charge in [-0.05, 0) is 53.9 Å². The zero-order valence-electron chi connectivity index (χ0n) is 10.1. The molecule has 0 unspecified atom stereocenters. The summed E-state index contributed by atoms with van der Waals surface area (Å²) >= 11 is 3.25. The van der Waals surface area contributed by atoms with Crippen molar-refractivity contribution >= 4 is 21.7 Å². The van der Waals surface area contributed by atoms with Crippen LogP contribution in [0, 0.1) is 11.7 Å². The van der Waals surface area contributed by atoms with E-state index < -0.39 is 5.82 Å². The Kier molecular flexibility index (Phi) is 4.35. The van der Waals surface area contributed by atoms with Gasteiger partial charge in [0.25, 0.3) is 0 Å². The van der Waals surface area contributed by atoms with Crippen LogP contribution in [0.3, 0.4) is 0 Å². The minimum atomic E-state index is -0.444. The van der Waals surface area contributed by atoms with Gasteiger partial charge in [0.05, 0.1) is 23.2 Å². The van der Waals surface area contributed by atoms with Gasteiger partial charge in [-0.3, -0.25) is 4.79 Å². The highest BCUT2D eigenvalue weighted by Gasteiger charge is 2.24. The number of ether oxygens (including phenoxy) is 1. The molecule has 0 atom stereocenters. The van der Waals surface area contributed by atoms with Crippen LogP contribution in [-0.4, -0.2) is 26.0 Å². The van der Waals surface area contributed by atoms with Gasteiger partial charge in [-0.2, -0.15) is 0 Å². The molecule has 0 saturated heterocycles. The summed E-state index contributed by atoms with van der Waals surface area (Å²) in [6, 6.07) is 2.55. The number of rotatable bonds is 6. The van der Waals surface area contributed by atoms with E-state index in [-0.39, 0.29) is 17.9 Å². The van der Waals surface area contributed by atoms with E-state index in [2.05, 4.69) is 21.2 Å². The normalized spacial score (nSPS) is 14.6. The van der Waals surface area contributed by atoms with Crippen LogP contribution < -0.4 is 10.1 Å². The molecule has 1 aromatic carbocycles. The number of benzene rings is 1. The fourth-order valence-corrected chi connectivity index (χ4v) is 2.20. The molecule has 0 aliphatic heterocycles. The second kappa shape index (κ2) is 5.80. The van der Waals surface area contributed by atoms with Crippen LogP contribution in [0.4, 0.5) is 4.39 Å². The summed E-state index contributed by atoms with van der Waals surface area (Å²) in [4.78, 5) is 11.9. The SMILES string of the molecule is CNCC(=O)c1cc(F)cc(Br)c1OCC1CC1. The number of Topliss-reactive ketones (excluding diaryl/α,β-unsaturated/α-hetero) is 1. The lowest BCUT2D eigenvalue weighted by Crippen LogP contribution is -2.20. The molecular formula is C13H15BrFNO2. The van der Waals surface area contributed by atoms with Crippen molar-refractivity contribution in [3.63, 3.8) is 0 Å². The van der Waals surface area contributed by atoms with Crippen molar-refractivity contribution in [2.24, 2.45) is 5.92 Å². The maximum Gasteiger partial charge on any atom is 0.180 e. The number of ketones is 1. The summed E-state index contributed by atoms with van der Waals surface area (Å²) in [5.74, 6) is 0.404. The Labute approximate surface area is 114 Å². The Bertz CT molecular complexity index is 461. The van der Waals surface area contributed by atoms with Crippen molar-refractivity contribution in [3.8, 4) is 5.75 Å². The highest BCUT2D eigenvalue weighted by molar-refractivity contribution is 9.10. The molecule has 0 amide bonds. The van der Waals surface area contributed by atoms with Crippen LogP contribution in [0.1, 0.15) is 23.2 Å². The Morgan fingerprint density at radius 2 is 2.28 bits per heavy atom. The Morgan fingerprint density at radius 3 is 2.89 bits per heavy atom. The molecule has 98 valence electrons. The monoisotopic (exact) mass is 315 g/mol. The van der Waals surface area contributed by atoms with Crippen LogP contribution in [0.5, 0.6) is 5.75 Å². The lowest BCUT2D eigenvalue weighted by molar-refractivity contribution is 0.0988. The third-order valence-corrected chi connectivity index (χ3v) is 3.40. The number of carbonyl (C=O) groups is 1. The molecule has 0 heterocycles. The molecule has 0 bridgehead atoms. The van der Waals surface area contributed by atoms with Gasteiger partial charge in [0, 0.05) is 0 Å². The minimum Gasteiger partial charge on any atom is -0.491 e. The number of likely N-dealkylation sites (N-methyl/N-ethyl adjacent to an activating group) is 1. The van der Waals surface area contributed by atoms with Crippen LogP contribution in [-0.2, 0) is 0 Å². The van der Waals surface area contributed by atoms with Gasteiger partial charge in [-0.15, -0.1) is 0 Å². The predicted octanol–water partition coefficient (Wildman–Crippen LogP) is 2.78. The summed E-state index contributed by atoms with van der Waals surface area (Å²) in [6.45, 7) is 0.750. The molecule has 0 aromatic heterocycles. The molecule has 3 nitrogen and oxygen atoms in total. The number of hydrogen-bond donors (Lipinski definition) is 1. The van der Waals surface area contributed by atoms with Crippen LogP contribution in [0.2, 0.25) is 0 Å². The van der Waals surface area contributed by atoms with Gasteiger partial charge in [-0.1, -0.05) is 0 Å². The number of nitrogens with one attached hydrogen (secondary N) is 1. The van der Waals surface area contributed by atoms with Crippen molar-refractivity contribution in [2.45, 2.75) is 12.8 Å². The van der Waals surface area contributed by atoms with Gasteiger partial charge in [-0.25, -0.2) is 4.39 Å². The fourth-order valence-electron chi connectivity index (χ4n) is 1.66. The number of halogens is 2. The molecule has 1 saturated carbocycles. The van der Waals surface area contributed by atoms with E-state index in [1.165, 1.54) is 25.0 Å². The molecular weight excluding hydrogens is 301 g/mol. The molecule has 18 heavy (non-hydrogen) atoms. The third-order valence-electron chi connectivity index (χ3n) is 2.81. The van der Waals surface area contributed by atoms with Gasteiger partial charge >= 0.3 is 0 Å². The molecule has 0 spiro atoms. The average Bonchev–Trinajstić information content (AvgIpc) is 3.11.